The molecule has 2 heterocycles. The summed E-state index contributed by atoms with van der Waals surface area (Å²) < 4.78 is 39.7. The second-order valence-electron chi connectivity index (χ2n) is 4.39. The number of benzene rings is 1. The first kappa shape index (κ1) is 13.9. The topological polar surface area (TPSA) is 56.7 Å². The number of nitrogens with zero attached hydrogens (tertiary/aromatic N) is 3. The second-order valence-corrected chi connectivity index (χ2v) is 5.14. The summed E-state index contributed by atoms with van der Waals surface area (Å²) in [6.07, 6.45) is -2.89. The molecule has 0 saturated heterocycles. The fourth-order valence-electron chi connectivity index (χ4n) is 1.95. The fraction of sp³-hybridized carbons (Fsp3) is 0.0769. The Labute approximate surface area is 125 Å². The zero-order chi connectivity index (χ0) is 15.2. The van der Waals surface area contributed by atoms with E-state index in [0.717, 1.165) is 12.1 Å². The molecule has 2 aromatic heterocycles. The van der Waals surface area contributed by atoms with Crippen LogP contribution in [0.2, 0.25) is 0 Å². The van der Waals surface area contributed by atoms with Gasteiger partial charge in [-0.2, -0.15) is 18.3 Å². The van der Waals surface area contributed by atoms with Crippen LogP contribution < -0.4 is 5.73 Å². The summed E-state index contributed by atoms with van der Waals surface area (Å²) in [6, 6.07) is 6.40. The first-order valence-corrected chi connectivity index (χ1v) is 6.63. The average molecular weight is 357 g/mol. The monoisotopic (exact) mass is 356 g/mol. The predicted octanol–water partition coefficient (Wildman–Crippen LogP) is 3.78. The van der Waals surface area contributed by atoms with Crippen molar-refractivity contribution in [3.8, 4) is 5.69 Å². The fourth-order valence-corrected chi connectivity index (χ4v) is 2.41. The van der Waals surface area contributed by atoms with Crippen LogP contribution in [0.1, 0.15) is 5.56 Å². The molecule has 0 fully saturated rings. The smallest absolute Gasteiger partial charge is 0.397 e. The number of rotatable bonds is 1. The van der Waals surface area contributed by atoms with E-state index in [1.807, 2.05) is 0 Å². The highest BCUT2D eigenvalue weighted by Crippen LogP contribution is 2.31. The molecule has 108 valence electrons. The van der Waals surface area contributed by atoms with Crippen LogP contribution in [-0.4, -0.2) is 14.8 Å². The van der Waals surface area contributed by atoms with Crippen LogP contribution in [0.3, 0.4) is 0 Å². The molecule has 2 N–H and O–H groups in total. The van der Waals surface area contributed by atoms with Gasteiger partial charge in [0.25, 0.3) is 0 Å². The third-order valence-electron chi connectivity index (χ3n) is 2.94. The summed E-state index contributed by atoms with van der Waals surface area (Å²) in [5.74, 6) is 0. The maximum Gasteiger partial charge on any atom is 0.416 e. The lowest BCUT2D eigenvalue weighted by Crippen LogP contribution is -2.05. The third kappa shape index (κ3) is 2.46. The number of alkyl halides is 3. The molecule has 21 heavy (non-hydrogen) atoms. The molecule has 3 rings (SSSR count). The number of halogens is 4. The third-order valence-corrected chi connectivity index (χ3v) is 3.52. The largest absolute Gasteiger partial charge is 0.416 e. The van der Waals surface area contributed by atoms with Gasteiger partial charge in [-0.3, -0.25) is 0 Å². The molecule has 0 radical (unpaired) electrons. The quantitative estimate of drug-likeness (QED) is 0.721. The molecule has 0 saturated carbocycles. The maximum atomic E-state index is 12.6. The lowest BCUT2D eigenvalue weighted by molar-refractivity contribution is -0.137. The summed E-state index contributed by atoms with van der Waals surface area (Å²) in [5.41, 5.74) is 6.43. The Hall–Kier alpha value is -2.09. The minimum Gasteiger partial charge on any atom is -0.397 e. The molecular weight excluding hydrogens is 349 g/mol. The minimum atomic E-state index is -4.36. The summed E-state index contributed by atoms with van der Waals surface area (Å²) in [7, 11) is 0. The molecule has 0 aliphatic rings. The Morgan fingerprint density at radius 2 is 1.81 bits per heavy atom. The van der Waals surface area contributed by atoms with Crippen LogP contribution in [-0.2, 0) is 6.18 Å². The molecule has 0 bridgehead atoms. The van der Waals surface area contributed by atoms with Crippen molar-refractivity contribution in [1.29, 1.82) is 0 Å². The maximum absolute atomic E-state index is 12.6. The SMILES string of the molecule is Nc1cnc2c(c1)c(Br)nn2-c1ccc(C(F)(F)F)cc1. The summed E-state index contributed by atoms with van der Waals surface area (Å²) in [6.45, 7) is 0. The normalized spacial score (nSPS) is 12.0. The van der Waals surface area contributed by atoms with Gasteiger partial charge >= 0.3 is 6.18 Å². The van der Waals surface area contributed by atoms with Crippen molar-refractivity contribution in [1.82, 2.24) is 14.8 Å². The first-order chi connectivity index (χ1) is 9.86. The van der Waals surface area contributed by atoms with E-state index >= 15 is 0 Å². The van der Waals surface area contributed by atoms with E-state index in [1.54, 1.807) is 6.07 Å². The van der Waals surface area contributed by atoms with Crippen molar-refractivity contribution >= 4 is 32.7 Å². The Morgan fingerprint density at radius 3 is 2.43 bits per heavy atom. The van der Waals surface area contributed by atoms with Crippen molar-refractivity contribution in [2.24, 2.45) is 0 Å². The highest BCUT2D eigenvalue weighted by Gasteiger charge is 2.30. The molecule has 0 unspecified atom stereocenters. The van der Waals surface area contributed by atoms with Crippen molar-refractivity contribution in [2.75, 3.05) is 5.73 Å². The Kier molecular flexibility index (Phi) is 3.12. The zero-order valence-corrected chi connectivity index (χ0v) is 12.0. The number of anilines is 1. The highest BCUT2D eigenvalue weighted by atomic mass is 79.9. The van der Waals surface area contributed by atoms with Crippen LogP contribution >= 0.6 is 15.9 Å². The van der Waals surface area contributed by atoms with Gasteiger partial charge in [-0.25, -0.2) is 9.67 Å². The van der Waals surface area contributed by atoms with Gasteiger partial charge in [0.2, 0.25) is 0 Å². The van der Waals surface area contributed by atoms with Gasteiger partial charge in [0.05, 0.1) is 28.5 Å². The van der Waals surface area contributed by atoms with Gasteiger partial charge in [0.1, 0.15) is 4.60 Å². The van der Waals surface area contributed by atoms with Gasteiger partial charge in [-0.05, 0) is 46.3 Å². The van der Waals surface area contributed by atoms with E-state index < -0.39 is 11.7 Å². The molecular formula is C13H8BrF3N4. The van der Waals surface area contributed by atoms with Gasteiger partial charge in [-0.1, -0.05) is 0 Å². The highest BCUT2D eigenvalue weighted by molar-refractivity contribution is 9.10. The predicted molar refractivity (Wildman–Crippen MR) is 76.0 cm³/mol. The molecule has 3 aromatic rings. The van der Waals surface area contributed by atoms with E-state index in [9.17, 15) is 13.2 Å². The lowest BCUT2D eigenvalue weighted by atomic mass is 10.2. The van der Waals surface area contributed by atoms with Crippen LogP contribution in [0.15, 0.2) is 41.1 Å². The number of nitrogens with two attached hydrogens (primary N) is 1. The molecule has 0 atom stereocenters. The standard InChI is InChI=1S/C13H8BrF3N4/c14-11-10-5-8(18)6-19-12(10)21(20-11)9-3-1-7(2-4-9)13(15,16)17/h1-6H,18H2. The Bertz CT molecular complexity index is 809. The van der Waals surface area contributed by atoms with Crippen molar-refractivity contribution in [3.05, 3.63) is 46.7 Å². The molecule has 4 nitrogen and oxygen atoms in total. The summed E-state index contributed by atoms with van der Waals surface area (Å²) >= 11 is 3.29. The van der Waals surface area contributed by atoms with Gasteiger partial charge in [0.15, 0.2) is 5.65 Å². The molecule has 1 aromatic carbocycles. The van der Waals surface area contributed by atoms with Crippen LogP contribution in [0.5, 0.6) is 0 Å². The Morgan fingerprint density at radius 1 is 1.14 bits per heavy atom. The van der Waals surface area contributed by atoms with Crippen molar-refractivity contribution in [2.45, 2.75) is 6.18 Å². The zero-order valence-electron chi connectivity index (χ0n) is 10.4. The molecule has 0 amide bonds. The number of pyridine rings is 1. The minimum absolute atomic E-state index is 0.482. The van der Waals surface area contributed by atoms with E-state index in [2.05, 4.69) is 26.0 Å². The van der Waals surface area contributed by atoms with Crippen molar-refractivity contribution in [3.63, 3.8) is 0 Å². The first-order valence-electron chi connectivity index (χ1n) is 5.83. The van der Waals surface area contributed by atoms with E-state index in [-0.39, 0.29) is 0 Å². The Balaban J connectivity index is 2.13. The van der Waals surface area contributed by atoms with Crippen LogP contribution in [0.25, 0.3) is 16.7 Å². The van der Waals surface area contributed by atoms with Crippen molar-refractivity contribution < 1.29 is 13.2 Å². The van der Waals surface area contributed by atoms with Gasteiger partial charge in [0, 0.05) is 0 Å². The number of hydrogen-bond donors (Lipinski definition) is 1. The average Bonchev–Trinajstić information content (AvgIpc) is 2.75. The summed E-state index contributed by atoms with van der Waals surface area (Å²) in [4.78, 5) is 4.17. The molecule has 0 aliphatic carbocycles. The van der Waals surface area contributed by atoms with Crippen LogP contribution in [0.4, 0.5) is 18.9 Å². The number of hydrogen-bond acceptors (Lipinski definition) is 3. The molecule has 0 aliphatic heterocycles. The van der Waals surface area contributed by atoms with E-state index in [4.69, 9.17) is 5.73 Å². The molecule has 8 heteroatoms. The number of fused-ring (bicyclic) bond motifs is 1. The number of nitrogen functional groups attached to an aromatic ring is 1. The van der Waals surface area contributed by atoms with Gasteiger partial charge in [-0.15, -0.1) is 0 Å². The second kappa shape index (κ2) is 4.73. The number of aromatic nitrogens is 3. The van der Waals surface area contributed by atoms with E-state index in [0.29, 0.717) is 27.0 Å². The van der Waals surface area contributed by atoms with Crippen LogP contribution in [0, 0.1) is 0 Å². The lowest BCUT2D eigenvalue weighted by Gasteiger charge is -2.08. The van der Waals surface area contributed by atoms with E-state index in [1.165, 1.54) is 23.0 Å². The molecule has 0 spiro atoms. The van der Waals surface area contributed by atoms with Gasteiger partial charge < -0.3 is 5.73 Å². The summed E-state index contributed by atoms with van der Waals surface area (Å²) in [5, 5.41) is 4.92.